The van der Waals surface area contributed by atoms with Crippen molar-refractivity contribution in [3.05, 3.63) is 42.0 Å². The predicted molar refractivity (Wildman–Crippen MR) is 110 cm³/mol. The molecule has 0 bridgehead atoms. The van der Waals surface area contributed by atoms with E-state index in [1.165, 1.54) is 0 Å². The van der Waals surface area contributed by atoms with Gasteiger partial charge in [0.15, 0.2) is 11.5 Å². The quantitative estimate of drug-likeness (QED) is 0.505. The fraction of sp³-hybridized carbons (Fsp3) is 0.348. The Hall–Kier alpha value is -2.99. The maximum absolute atomic E-state index is 12.3. The Morgan fingerprint density at radius 3 is 2.62 bits per heavy atom. The normalized spacial score (nSPS) is 23.0. The second-order valence-electron chi connectivity index (χ2n) is 8.06. The molecule has 1 saturated heterocycles. The molecule has 1 unspecified atom stereocenters. The highest BCUT2D eigenvalue weighted by Crippen LogP contribution is 2.41. The number of carboxylic acid groups (broad SMARTS) is 1. The van der Waals surface area contributed by atoms with Gasteiger partial charge in [0, 0.05) is 18.4 Å². The number of hydrogen-bond acceptors (Lipinski definition) is 4. The van der Waals surface area contributed by atoms with Crippen molar-refractivity contribution >= 4 is 27.6 Å². The largest absolute Gasteiger partial charge is 0.514 e. The van der Waals surface area contributed by atoms with E-state index in [2.05, 4.69) is 6.07 Å². The van der Waals surface area contributed by atoms with Crippen LogP contribution >= 0.6 is 0 Å². The molecule has 6 nitrogen and oxygen atoms in total. The van der Waals surface area contributed by atoms with E-state index < -0.39 is 6.09 Å². The van der Waals surface area contributed by atoms with Crippen molar-refractivity contribution in [2.75, 3.05) is 20.4 Å². The van der Waals surface area contributed by atoms with E-state index in [1.54, 1.807) is 7.11 Å². The Bertz CT molecular complexity index is 1140. The first-order chi connectivity index (χ1) is 14.0. The topological polar surface area (TPSA) is 65.0 Å². The van der Waals surface area contributed by atoms with E-state index in [4.69, 9.17) is 14.2 Å². The van der Waals surface area contributed by atoms with Gasteiger partial charge in [0.05, 0.1) is 19.7 Å². The third-order valence-electron chi connectivity index (χ3n) is 6.59. The average molecular weight is 394 g/mol. The Labute approximate surface area is 168 Å². The summed E-state index contributed by atoms with van der Waals surface area (Å²) < 4.78 is 16.7. The number of nitrogens with zero attached hydrogens (tertiary/aromatic N) is 1. The lowest BCUT2D eigenvalue weighted by atomic mass is 9.95. The van der Waals surface area contributed by atoms with Gasteiger partial charge < -0.3 is 19.3 Å². The zero-order valence-corrected chi connectivity index (χ0v) is 16.6. The van der Waals surface area contributed by atoms with Crippen LogP contribution in [-0.4, -0.2) is 42.2 Å². The number of fused-ring (bicyclic) bond motifs is 4. The molecular formula is C23H24NO5+. The Morgan fingerprint density at radius 1 is 1.14 bits per heavy atom. The number of hydrogen-bond donors (Lipinski definition) is 1. The van der Waals surface area contributed by atoms with E-state index in [1.807, 2.05) is 37.3 Å². The number of quaternary nitrogens is 1. The maximum atomic E-state index is 12.3. The lowest BCUT2D eigenvalue weighted by Crippen LogP contribution is -2.53. The molecule has 1 N–H and O–H groups in total. The van der Waals surface area contributed by atoms with Gasteiger partial charge in [-0.15, -0.1) is 0 Å². The Kier molecular flexibility index (Phi) is 4.06. The second kappa shape index (κ2) is 6.52. The fourth-order valence-electron chi connectivity index (χ4n) is 4.89. The van der Waals surface area contributed by atoms with Crippen molar-refractivity contribution in [3.63, 3.8) is 0 Å². The molecule has 1 amide bonds. The van der Waals surface area contributed by atoms with Gasteiger partial charge in [-0.05, 0) is 58.8 Å². The van der Waals surface area contributed by atoms with Crippen LogP contribution in [0.4, 0.5) is 4.79 Å². The summed E-state index contributed by atoms with van der Waals surface area (Å²) in [7, 11) is 1.65. The van der Waals surface area contributed by atoms with Crippen LogP contribution in [0.25, 0.3) is 21.5 Å². The van der Waals surface area contributed by atoms with E-state index in [0.717, 1.165) is 57.2 Å². The summed E-state index contributed by atoms with van der Waals surface area (Å²) in [6, 6.07) is 12.2. The van der Waals surface area contributed by atoms with Crippen molar-refractivity contribution < 1.29 is 28.6 Å². The van der Waals surface area contributed by atoms with Crippen LogP contribution in [0.15, 0.2) is 36.4 Å². The van der Waals surface area contributed by atoms with Gasteiger partial charge in [-0.25, -0.2) is 4.48 Å². The van der Waals surface area contributed by atoms with Gasteiger partial charge in [0.2, 0.25) is 6.79 Å². The molecule has 2 heterocycles. The lowest BCUT2D eigenvalue weighted by molar-refractivity contribution is -0.880. The van der Waals surface area contributed by atoms with Gasteiger partial charge in [-0.3, -0.25) is 0 Å². The summed E-state index contributed by atoms with van der Waals surface area (Å²) in [6.07, 6.45) is 1.12. The van der Waals surface area contributed by atoms with E-state index in [0.29, 0.717) is 13.1 Å². The van der Waals surface area contributed by atoms with Crippen LogP contribution in [-0.2, 0) is 6.54 Å². The number of rotatable bonds is 3. The summed E-state index contributed by atoms with van der Waals surface area (Å²) in [4.78, 5) is 12.3. The molecule has 3 aromatic rings. The van der Waals surface area contributed by atoms with Crippen LogP contribution in [0.1, 0.15) is 25.3 Å². The van der Waals surface area contributed by atoms with Gasteiger partial charge in [-0.1, -0.05) is 6.07 Å². The summed E-state index contributed by atoms with van der Waals surface area (Å²) in [5.41, 5.74) is 1.03. The molecular weight excluding hydrogens is 370 g/mol. The first kappa shape index (κ1) is 18.1. The molecule has 150 valence electrons. The van der Waals surface area contributed by atoms with Gasteiger partial charge >= 0.3 is 6.09 Å². The first-order valence-corrected chi connectivity index (χ1v) is 9.95. The third kappa shape index (κ3) is 2.70. The summed E-state index contributed by atoms with van der Waals surface area (Å²) >= 11 is 0. The maximum Gasteiger partial charge on any atom is 0.514 e. The number of likely N-dealkylation sites (tertiary alicyclic amines) is 1. The van der Waals surface area contributed by atoms with Crippen LogP contribution in [0, 0.1) is 0 Å². The third-order valence-corrected chi connectivity index (χ3v) is 6.59. The average Bonchev–Trinajstić information content (AvgIpc) is 3.33. The van der Waals surface area contributed by atoms with Crippen LogP contribution in [0.3, 0.4) is 0 Å². The highest BCUT2D eigenvalue weighted by molar-refractivity contribution is 6.10. The Morgan fingerprint density at radius 2 is 1.93 bits per heavy atom. The van der Waals surface area contributed by atoms with E-state index >= 15 is 0 Å². The molecule has 3 aromatic carbocycles. The zero-order valence-electron chi connectivity index (χ0n) is 16.6. The van der Waals surface area contributed by atoms with Gasteiger partial charge in [0.1, 0.15) is 12.3 Å². The monoisotopic (exact) mass is 394 g/mol. The molecule has 6 heteroatoms. The molecule has 0 radical (unpaired) electrons. The van der Waals surface area contributed by atoms with Crippen molar-refractivity contribution in [2.24, 2.45) is 0 Å². The summed E-state index contributed by atoms with van der Waals surface area (Å²) in [5, 5.41) is 14.2. The molecule has 1 fully saturated rings. The lowest BCUT2D eigenvalue weighted by Gasteiger charge is -2.33. The van der Waals surface area contributed by atoms with Gasteiger partial charge in [0.25, 0.3) is 0 Å². The molecule has 2 aliphatic rings. The van der Waals surface area contributed by atoms with Crippen molar-refractivity contribution in [3.8, 4) is 17.2 Å². The van der Waals surface area contributed by atoms with Crippen molar-refractivity contribution in [2.45, 2.75) is 32.4 Å². The highest BCUT2D eigenvalue weighted by Gasteiger charge is 2.46. The SMILES string of the molecule is COc1ccc2c(C[N+]3(C(=O)O)CCC[C@H]3C)cc3cc4c(cc3c2c1)OCO4. The summed E-state index contributed by atoms with van der Waals surface area (Å²) in [6.45, 7) is 3.39. The molecule has 5 rings (SSSR count). The van der Waals surface area contributed by atoms with E-state index in [-0.39, 0.29) is 17.3 Å². The Balaban J connectivity index is 1.76. The minimum atomic E-state index is -0.748. The van der Waals surface area contributed by atoms with Crippen molar-refractivity contribution in [1.82, 2.24) is 0 Å². The van der Waals surface area contributed by atoms with E-state index in [9.17, 15) is 9.90 Å². The smallest absolute Gasteiger partial charge is 0.497 e. The number of amides is 1. The number of methoxy groups -OCH3 is 1. The second-order valence-corrected chi connectivity index (χ2v) is 8.06. The molecule has 0 saturated carbocycles. The van der Waals surface area contributed by atoms with Gasteiger partial charge in [-0.2, -0.15) is 4.79 Å². The number of carbonyl (C=O) groups is 1. The van der Waals surface area contributed by atoms with Crippen molar-refractivity contribution in [1.29, 1.82) is 0 Å². The molecule has 2 aliphatic heterocycles. The molecule has 2 atom stereocenters. The minimum absolute atomic E-state index is 0.0805. The number of ether oxygens (including phenoxy) is 3. The summed E-state index contributed by atoms with van der Waals surface area (Å²) in [5.74, 6) is 2.23. The van der Waals surface area contributed by atoms with Crippen LogP contribution < -0.4 is 14.2 Å². The first-order valence-electron chi connectivity index (χ1n) is 9.95. The fourth-order valence-corrected chi connectivity index (χ4v) is 4.89. The number of benzene rings is 3. The predicted octanol–water partition coefficient (Wildman–Crippen LogP) is 4.91. The molecule has 0 aliphatic carbocycles. The standard InChI is InChI=1S/C23H23NO5/c1-14-4-3-7-24(14,23(25)26)12-16-8-15-9-21-22(29-13-28-21)11-19(15)20-10-17(27-2)5-6-18(16)20/h5-6,8-11,14H,3-4,7,12-13H2,1-2H3/p+1/t14-,24?/m1/s1. The molecule has 0 spiro atoms. The minimum Gasteiger partial charge on any atom is -0.497 e. The van der Waals surface area contributed by atoms with Crippen LogP contribution in [0.5, 0.6) is 17.2 Å². The highest BCUT2D eigenvalue weighted by atomic mass is 16.7. The molecule has 29 heavy (non-hydrogen) atoms. The van der Waals surface area contributed by atoms with Crippen LogP contribution in [0.2, 0.25) is 0 Å². The molecule has 0 aromatic heterocycles. The zero-order chi connectivity index (χ0) is 20.2.